The van der Waals surface area contributed by atoms with Crippen molar-refractivity contribution in [3.05, 3.63) is 65.4 Å². The number of hydrogen-bond donors (Lipinski definition) is 1. The Bertz CT molecular complexity index is 1210. The van der Waals surface area contributed by atoms with Gasteiger partial charge in [0.25, 0.3) is 11.7 Å². The number of ether oxygens (including phenoxy) is 1. The molecule has 8 heteroatoms. The van der Waals surface area contributed by atoms with Crippen LogP contribution in [0.5, 0.6) is 0 Å². The minimum absolute atomic E-state index is 0.0169. The van der Waals surface area contributed by atoms with E-state index in [0.29, 0.717) is 35.2 Å². The number of Topliss-reactive ketones (excluding diaryl/α,β-unsaturated/α-hetero) is 1. The number of nitrogens with zero attached hydrogens (tertiary/aromatic N) is 2. The van der Waals surface area contributed by atoms with Crippen LogP contribution >= 0.6 is 0 Å². The first-order valence-corrected chi connectivity index (χ1v) is 10.7. The van der Waals surface area contributed by atoms with E-state index >= 15 is 0 Å². The van der Waals surface area contributed by atoms with E-state index in [1.165, 1.54) is 18.9 Å². The van der Waals surface area contributed by atoms with Crippen molar-refractivity contribution in [2.45, 2.75) is 33.2 Å². The smallest absolute Gasteiger partial charge is 0.307 e. The van der Waals surface area contributed by atoms with Crippen LogP contribution in [0.15, 0.2) is 48.5 Å². The molecule has 2 aromatic carbocycles. The lowest BCUT2D eigenvalue weighted by molar-refractivity contribution is -0.140. The van der Waals surface area contributed by atoms with Gasteiger partial charge in [-0.05, 0) is 24.1 Å². The third-order valence-corrected chi connectivity index (χ3v) is 5.58. The molecule has 0 atom stereocenters. The Morgan fingerprint density at radius 3 is 2.30 bits per heavy atom. The van der Waals surface area contributed by atoms with Crippen LogP contribution < -0.4 is 10.6 Å². The van der Waals surface area contributed by atoms with Gasteiger partial charge in [0, 0.05) is 31.1 Å². The molecular weight excluding hydrogens is 422 g/mol. The lowest BCUT2D eigenvalue weighted by Crippen LogP contribution is -2.31. The normalized spacial score (nSPS) is 10.8. The SMILES string of the molecule is CCc1c(C(=O)C(N)=O)c2c(N(CCC(=O)OC)C(C)=O)cccc2n1Cc1ccccc1. The monoisotopic (exact) mass is 449 g/mol. The first kappa shape index (κ1) is 23.7. The number of amides is 2. The second-order valence-electron chi connectivity index (χ2n) is 7.61. The largest absolute Gasteiger partial charge is 0.469 e. The second kappa shape index (κ2) is 10.1. The first-order valence-electron chi connectivity index (χ1n) is 10.7. The molecule has 2 N–H and O–H groups in total. The van der Waals surface area contributed by atoms with Crippen molar-refractivity contribution >= 4 is 40.2 Å². The van der Waals surface area contributed by atoms with Crippen LogP contribution in [0.1, 0.15) is 41.9 Å². The standard InChI is InChI=1S/C25H27N3O5/c1-4-18-23(24(31)25(26)32)22-19(27(16(2)29)14-13-21(30)33-3)11-8-12-20(22)28(18)15-17-9-6-5-7-10-17/h5-12H,4,13-15H2,1-3H3,(H2,26,32). The van der Waals surface area contributed by atoms with Crippen molar-refractivity contribution < 1.29 is 23.9 Å². The van der Waals surface area contributed by atoms with Crippen molar-refractivity contribution in [3.63, 3.8) is 0 Å². The van der Waals surface area contributed by atoms with Crippen LogP contribution in [0.25, 0.3) is 10.9 Å². The van der Waals surface area contributed by atoms with Crippen LogP contribution in [-0.4, -0.2) is 41.8 Å². The fourth-order valence-electron chi connectivity index (χ4n) is 4.09. The van der Waals surface area contributed by atoms with Gasteiger partial charge in [0.15, 0.2) is 0 Å². The molecule has 0 saturated carbocycles. The minimum Gasteiger partial charge on any atom is -0.469 e. The van der Waals surface area contributed by atoms with E-state index < -0.39 is 17.7 Å². The average Bonchev–Trinajstić information content (AvgIpc) is 3.12. The van der Waals surface area contributed by atoms with Crippen LogP contribution in [0, 0.1) is 0 Å². The topological polar surface area (TPSA) is 112 Å². The van der Waals surface area contributed by atoms with Gasteiger partial charge >= 0.3 is 5.97 Å². The number of anilines is 1. The van der Waals surface area contributed by atoms with E-state index in [2.05, 4.69) is 0 Å². The lowest BCUT2D eigenvalue weighted by atomic mass is 10.0. The average molecular weight is 450 g/mol. The number of aromatic nitrogens is 1. The molecule has 0 aliphatic rings. The number of carbonyl (C=O) groups excluding carboxylic acids is 4. The molecule has 3 rings (SSSR count). The Morgan fingerprint density at radius 2 is 1.73 bits per heavy atom. The predicted molar refractivity (Wildman–Crippen MR) is 125 cm³/mol. The predicted octanol–water partition coefficient (Wildman–Crippen LogP) is 2.84. The van der Waals surface area contributed by atoms with Gasteiger partial charge in [-0.3, -0.25) is 19.2 Å². The van der Waals surface area contributed by atoms with E-state index in [4.69, 9.17) is 10.5 Å². The number of hydrogen-bond acceptors (Lipinski definition) is 5. The molecule has 0 aliphatic carbocycles. The van der Waals surface area contributed by atoms with E-state index in [9.17, 15) is 19.2 Å². The fourth-order valence-corrected chi connectivity index (χ4v) is 4.09. The molecule has 172 valence electrons. The fraction of sp³-hybridized carbons (Fsp3) is 0.280. The molecule has 0 bridgehead atoms. The van der Waals surface area contributed by atoms with Gasteiger partial charge in [-0.25, -0.2) is 0 Å². The zero-order valence-electron chi connectivity index (χ0n) is 19.0. The summed E-state index contributed by atoms with van der Waals surface area (Å²) < 4.78 is 6.68. The highest BCUT2D eigenvalue weighted by Crippen LogP contribution is 2.36. The van der Waals surface area contributed by atoms with Crippen molar-refractivity contribution in [3.8, 4) is 0 Å². The molecule has 33 heavy (non-hydrogen) atoms. The van der Waals surface area contributed by atoms with Crippen LogP contribution in [0.4, 0.5) is 5.69 Å². The van der Waals surface area contributed by atoms with E-state index in [1.54, 1.807) is 12.1 Å². The number of carbonyl (C=O) groups is 4. The number of rotatable bonds is 9. The van der Waals surface area contributed by atoms with Crippen molar-refractivity contribution in [2.24, 2.45) is 5.73 Å². The molecule has 0 aliphatic heterocycles. The maximum absolute atomic E-state index is 13.0. The number of nitrogens with two attached hydrogens (primary N) is 1. The van der Waals surface area contributed by atoms with Crippen LogP contribution in [0.2, 0.25) is 0 Å². The number of esters is 1. The molecule has 0 radical (unpaired) electrons. The zero-order chi connectivity index (χ0) is 24.1. The van der Waals surface area contributed by atoms with E-state index in [1.807, 2.05) is 47.9 Å². The summed E-state index contributed by atoms with van der Waals surface area (Å²) in [7, 11) is 1.28. The summed E-state index contributed by atoms with van der Waals surface area (Å²) >= 11 is 0. The molecule has 0 fully saturated rings. The molecule has 0 saturated heterocycles. The Morgan fingerprint density at radius 1 is 1.03 bits per heavy atom. The molecule has 1 aromatic heterocycles. The maximum atomic E-state index is 13.0. The molecule has 3 aromatic rings. The highest BCUT2D eigenvalue weighted by molar-refractivity contribution is 6.45. The summed E-state index contributed by atoms with van der Waals surface area (Å²) in [5.41, 5.74) is 8.40. The number of methoxy groups -OCH3 is 1. The van der Waals surface area contributed by atoms with Gasteiger partial charge in [0.1, 0.15) is 0 Å². The Labute approximate surface area is 191 Å². The Balaban J connectivity index is 2.29. The second-order valence-corrected chi connectivity index (χ2v) is 7.61. The molecule has 2 amide bonds. The molecule has 8 nitrogen and oxygen atoms in total. The number of fused-ring (bicyclic) bond motifs is 1. The third-order valence-electron chi connectivity index (χ3n) is 5.58. The van der Waals surface area contributed by atoms with Gasteiger partial charge in [0.05, 0.1) is 30.3 Å². The summed E-state index contributed by atoms with van der Waals surface area (Å²) in [6.07, 6.45) is 0.453. The van der Waals surface area contributed by atoms with Crippen molar-refractivity contribution in [1.29, 1.82) is 0 Å². The summed E-state index contributed by atoms with van der Waals surface area (Å²) in [6.45, 7) is 3.81. The van der Waals surface area contributed by atoms with Crippen molar-refractivity contribution in [2.75, 3.05) is 18.6 Å². The quantitative estimate of drug-likeness (QED) is 0.307. The first-order chi connectivity index (χ1) is 15.8. The van der Waals surface area contributed by atoms with E-state index in [0.717, 1.165) is 5.56 Å². The maximum Gasteiger partial charge on any atom is 0.307 e. The van der Waals surface area contributed by atoms with Gasteiger partial charge in [-0.2, -0.15) is 0 Å². The summed E-state index contributed by atoms with van der Waals surface area (Å²) in [4.78, 5) is 50.7. The summed E-state index contributed by atoms with van der Waals surface area (Å²) in [5, 5.41) is 0.467. The van der Waals surface area contributed by atoms with Gasteiger partial charge in [-0.1, -0.05) is 43.3 Å². The Hall–Kier alpha value is -3.94. The van der Waals surface area contributed by atoms with Crippen LogP contribution in [-0.2, 0) is 32.1 Å². The number of benzene rings is 2. The highest BCUT2D eigenvalue weighted by atomic mass is 16.5. The number of ketones is 1. The van der Waals surface area contributed by atoms with E-state index in [-0.39, 0.29) is 24.4 Å². The Kier molecular flexibility index (Phi) is 7.27. The molecule has 1 heterocycles. The third kappa shape index (κ3) is 4.79. The van der Waals surface area contributed by atoms with Crippen LogP contribution in [0.3, 0.4) is 0 Å². The highest BCUT2D eigenvalue weighted by Gasteiger charge is 2.29. The molecular formula is C25H27N3O5. The lowest BCUT2D eigenvalue weighted by Gasteiger charge is -2.22. The van der Waals surface area contributed by atoms with Gasteiger partial charge in [-0.15, -0.1) is 0 Å². The summed E-state index contributed by atoms with van der Waals surface area (Å²) in [5.74, 6) is -2.65. The van der Waals surface area contributed by atoms with Gasteiger partial charge in [0.2, 0.25) is 5.91 Å². The van der Waals surface area contributed by atoms with Crippen molar-refractivity contribution in [1.82, 2.24) is 4.57 Å². The minimum atomic E-state index is -1.07. The zero-order valence-corrected chi connectivity index (χ0v) is 19.0. The summed E-state index contributed by atoms with van der Waals surface area (Å²) in [6, 6.07) is 15.1. The number of primary amides is 1. The molecule has 0 spiro atoms. The van der Waals surface area contributed by atoms with Gasteiger partial charge < -0.3 is 19.9 Å². The molecule has 0 unspecified atom stereocenters.